The maximum absolute atomic E-state index is 13.4. The van der Waals surface area contributed by atoms with Crippen molar-refractivity contribution in [3.8, 4) is 0 Å². The summed E-state index contributed by atoms with van der Waals surface area (Å²) in [5.74, 6) is 0.524. The first-order valence-electron chi connectivity index (χ1n) is 11.7. The molecule has 6 rings (SSSR count). The first-order chi connectivity index (χ1) is 16.5. The van der Waals surface area contributed by atoms with E-state index in [2.05, 4.69) is 46.8 Å². The fraction of sp³-hybridized carbons (Fsp3) is 0.214. The number of hydrogen-bond donors (Lipinski definition) is 2. The summed E-state index contributed by atoms with van der Waals surface area (Å²) < 4.78 is 28.2. The van der Waals surface area contributed by atoms with Crippen LogP contribution in [0.25, 0.3) is 10.9 Å². The fourth-order valence-electron chi connectivity index (χ4n) is 5.50. The average Bonchev–Trinajstić information content (AvgIpc) is 3.52. The van der Waals surface area contributed by atoms with Gasteiger partial charge in [0.2, 0.25) is 10.0 Å². The first-order valence-corrected chi connectivity index (χ1v) is 13.1. The summed E-state index contributed by atoms with van der Waals surface area (Å²) in [4.78, 5) is 3.75. The van der Waals surface area contributed by atoms with E-state index in [-0.39, 0.29) is 12.0 Å². The summed E-state index contributed by atoms with van der Waals surface area (Å²) in [5.41, 5.74) is 5.43. The van der Waals surface area contributed by atoms with E-state index in [4.69, 9.17) is 0 Å². The van der Waals surface area contributed by atoms with Crippen molar-refractivity contribution in [2.45, 2.75) is 29.8 Å². The molecule has 2 aliphatic rings. The summed E-state index contributed by atoms with van der Waals surface area (Å²) in [6.07, 6.45) is 7.55. The number of benzene rings is 3. The molecule has 0 amide bonds. The van der Waals surface area contributed by atoms with Gasteiger partial charge in [0.25, 0.3) is 0 Å². The number of nitrogens with zero attached hydrogens (tertiary/aromatic N) is 1. The van der Waals surface area contributed by atoms with Crippen LogP contribution in [0.2, 0.25) is 0 Å². The molecule has 2 N–H and O–H groups in total. The van der Waals surface area contributed by atoms with Crippen molar-refractivity contribution in [2.24, 2.45) is 5.92 Å². The molecule has 2 heterocycles. The molecular formula is C28H27N3O2S. The Morgan fingerprint density at radius 1 is 0.971 bits per heavy atom. The number of H-pyrrole nitrogens is 1. The highest BCUT2D eigenvalue weighted by molar-refractivity contribution is 7.89. The van der Waals surface area contributed by atoms with Crippen molar-refractivity contribution in [3.63, 3.8) is 0 Å². The molecule has 1 aliphatic carbocycles. The molecule has 3 unspecified atom stereocenters. The van der Waals surface area contributed by atoms with Crippen LogP contribution in [0, 0.1) is 5.92 Å². The third-order valence-corrected chi connectivity index (χ3v) is 9.05. The summed E-state index contributed by atoms with van der Waals surface area (Å²) in [6, 6.07) is 23.8. The number of aromatic nitrogens is 1. The summed E-state index contributed by atoms with van der Waals surface area (Å²) in [6.45, 7) is 0.340. The molecule has 34 heavy (non-hydrogen) atoms. The number of nitrogens with one attached hydrogen (secondary N) is 2. The van der Waals surface area contributed by atoms with Gasteiger partial charge in [-0.25, -0.2) is 8.42 Å². The molecule has 3 aromatic carbocycles. The predicted molar refractivity (Wildman–Crippen MR) is 136 cm³/mol. The zero-order valence-corrected chi connectivity index (χ0v) is 19.8. The van der Waals surface area contributed by atoms with E-state index in [0.29, 0.717) is 17.4 Å². The largest absolute Gasteiger partial charge is 0.378 e. The molecule has 6 heteroatoms. The van der Waals surface area contributed by atoms with Gasteiger partial charge in [0, 0.05) is 42.3 Å². The van der Waals surface area contributed by atoms with Gasteiger partial charge >= 0.3 is 0 Å². The molecule has 0 saturated heterocycles. The van der Waals surface area contributed by atoms with Crippen molar-refractivity contribution < 1.29 is 8.42 Å². The van der Waals surface area contributed by atoms with Gasteiger partial charge in [-0.1, -0.05) is 60.7 Å². The van der Waals surface area contributed by atoms with E-state index in [1.807, 2.05) is 48.5 Å². The predicted octanol–water partition coefficient (Wildman–Crippen LogP) is 5.82. The molecular weight excluding hydrogens is 442 g/mol. The first kappa shape index (κ1) is 21.2. The third kappa shape index (κ3) is 3.45. The van der Waals surface area contributed by atoms with E-state index >= 15 is 0 Å². The quantitative estimate of drug-likeness (QED) is 0.362. The maximum atomic E-state index is 13.4. The SMILES string of the molecule is CN(Cc1ccccc1)S(=O)(=O)c1ccc2c(c1)C1C=CCC1C(c1c[nH]c3ccccc13)N2. The minimum atomic E-state index is -3.61. The molecule has 0 saturated carbocycles. The molecule has 1 aromatic heterocycles. The standard InChI is InChI=1S/C28H27N3O2S/c1-31(18-19-8-3-2-4-9-19)34(32,33)20-14-15-27-24(16-20)21-11-7-12-23(21)28(30-27)25-17-29-26-13-6-5-10-22(25)26/h2-11,13-17,21,23,28-30H,12,18H2,1H3. The minimum absolute atomic E-state index is 0.159. The fourth-order valence-corrected chi connectivity index (χ4v) is 6.69. The van der Waals surface area contributed by atoms with Crippen LogP contribution in [-0.4, -0.2) is 24.8 Å². The zero-order valence-electron chi connectivity index (χ0n) is 19.0. The number of hydrogen-bond acceptors (Lipinski definition) is 3. The summed E-state index contributed by atoms with van der Waals surface area (Å²) >= 11 is 0. The van der Waals surface area contributed by atoms with Gasteiger partial charge in [0.15, 0.2) is 0 Å². The number of sulfonamides is 1. The molecule has 0 bridgehead atoms. The van der Waals surface area contributed by atoms with Crippen molar-refractivity contribution >= 4 is 26.6 Å². The summed E-state index contributed by atoms with van der Waals surface area (Å²) in [5, 5.41) is 4.97. The Balaban J connectivity index is 1.35. The lowest BCUT2D eigenvalue weighted by atomic mass is 9.77. The third-order valence-electron chi connectivity index (χ3n) is 7.25. The highest BCUT2D eigenvalue weighted by Gasteiger charge is 2.39. The van der Waals surface area contributed by atoms with Crippen LogP contribution in [-0.2, 0) is 16.6 Å². The zero-order chi connectivity index (χ0) is 23.3. The number of anilines is 1. The second-order valence-electron chi connectivity index (χ2n) is 9.26. The molecule has 1 aliphatic heterocycles. The van der Waals surface area contributed by atoms with Gasteiger partial charge in [-0.2, -0.15) is 4.31 Å². The second-order valence-corrected chi connectivity index (χ2v) is 11.3. The van der Waals surface area contributed by atoms with Gasteiger partial charge in [-0.05, 0) is 53.3 Å². The van der Waals surface area contributed by atoms with Gasteiger partial charge in [0.1, 0.15) is 0 Å². The highest BCUT2D eigenvalue weighted by Crippen LogP contribution is 2.51. The van der Waals surface area contributed by atoms with E-state index < -0.39 is 10.0 Å². The van der Waals surface area contributed by atoms with E-state index in [9.17, 15) is 8.42 Å². The molecule has 0 fully saturated rings. The Bertz CT molecular complexity index is 1490. The molecule has 0 spiro atoms. The lowest BCUT2D eigenvalue weighted by molar-refractivity contribution is 0.426. The molecule has 0 radical (unpaired) electrons. The number of aromatic amines is 1. The van der Waals surface area contributed by atoms with Gasteiger partial charge in [0.05, 0.1) is 10.9 Å². The van der Waals surface area contributed by atoms with Crippen LogP contribution in [0.4, 0.5) is 5.69 Å². The van der Waals surface area contributed by atoms with Crippen LogP contribution < -0.4 is 5.32 Å². The Hall–Kier alpha value is -3.35. The Morgan fingerprint density at radius 2 is 1.76 bits per heavy atom. The second kappa shape index (κ2) is 8.15. The molecule has 4 aromatic rings. The monoisotopic (exact) mass is 469 g/mol. The Labute approximate surface area is 200 Å². The number of rotatable bonds is 5. The lowest BCUT2D eigenvalue weighted by Crippen LogP contribution is -2.30. The van der Waals surface area contributed by atoms with Crippen molar-refractivity contribution in [2.75, 3.05) is 12.4 Å². The Morgan fingerprint density at radius 3 is 2.62 bits per heavy atom. The number of fused-ring (bicyclic) bond motifs is 4. The molecule has 3 atom stereocenters. The van der Waals surface area contributed by atoms with Crippen molar-refractivity contribution in [1.82, 2.24) is 9.29 Å². The molecule has 5 nitrogen and oxygen atoms in total. The van der Waals surface area contributed by atoms with Gasteiger partial charge in [-0.3, -0.25) is 0 Å². The van der Waals surface area contributed by atoms with Crippen LogP contribution in [0.5, 0.6) is 0 Å². The lowest BCUT2D eigenvalue weighted by Gasteiger charge is -2.37. The van der Waals surface area contributed by atoms with E-state index in [1.54, 1.807) is 13.1 Å². The van der Waals surface area contributed by atoms with E-state index in [0.717, 1.165) is 28.8 Å². The number of allylic oxidation sites excluding steroid dienone is 2. The van der Waals surface area contributed by atoms with Crippen molar-refractivity contribution in [3.05, 3.63) is 108 Å². The van der Waals surface area contributed by atoms with Gasteiger partial charge in [-0.15, -0.1) is 0 Å². The van der Waals surface area contributed by atoms with Gasteiger partial charge < -0.3 is 10.3 Å². The van der Waals surface area contributed by atoms with Crippen molar-refractivity contribution in [1.29, 1.82) is 0 Å². The van der Waals surface area contributed by atoms with E-state index in [1.165, 1.54) is 15.3 Å². The van der Waals surface area contributed by atoms with Crippen LogP contribution in [0.3, 0.4) is 0 Å². The maximum Gasteiger partial charge on any atom is 0.243 e. The van der Waals surface area contributed by atoms with Crippen LogP contribution in [0.15, 0.2) is 96.0 Å². The number of para-hydroxylation sites is 1. The highest BCUT2D eigenvalue weighted by atomic mass is 32.2. The minimum Gasteiger partial charge on any atom is -0.378 e. The van der Waals surface area contributed by atoms with Crippen LogP contribution >= 0.6 is 0 Å². The Kier molecular flexibility index (Phi) is 5.08. The summed E-state index contributed by atoms with van der Waals surface area (Å²) in [7, 11) is -1.96. The van der Waals surface area contributed by atoms with Crippen LogP contribution in [0.1, 0.15) is 35.1 Å². The molecule has 172 valence electrons. The normalized spacial score (nSPS) is 21.4. The topological polar surface area (TPSA) is 65.2 Å². The smallest absolute Gasteiger partial charge is 0.243 e. The average molecular weight is 470 g/mol.